The Morgan fingerprint density at radius 1 is 1.11 bits per heavy atom. The van der Waals surface area contributed by atoms with E-state index in [9.17, 15) is 13.2 Å². The summed E-state index contributed by atoms with van der Waals surface area (Å²) >= 11 is 5.76. The molecule has 142 valence electrons. The fraction of sp³-hybridized carbons (Fsp3) is 0.211. The van der Waals surface area contributed by atoms with Crippen LogP contribution in [0.5, 0.6) is 0 Å². The highest BCUT2D eigenvalue weighted by Gasteiger charge is 2.21. The highest BCUT2D eigenvalue weighted by atomic mass is 35.5. The van der Waals surface area contributed by atoms with Crippen LogP contribution in [0.15, 0.2) is 59.6 Å². The second-order valence-electron chi connectivity index (χ2n) is 6.14. The largest absolute Gasteiger partial charge is 0.351 e. The van der Waals surface area contributed by atoms with Crippen LogP contribution in [0.1, 0.15) is 18.4 Å². The van der Waals surface area contributed by atoms with Crippen molar-refractivity contribution in [3.8, 4) is 0 Å². The predicted molar refractivity (Wildman–Crippen MR) is 108 cm³/mol. The van der Waals surface area contributed by atoms with Gasteiger partial charge in [0.2, 0.25) is 0 Å². The Balaban J connectivity index is 2.14. The number of alkyl halides is 1. The van der Waals surface area contributed by atoms with Gasteiger partial charge in [-0.3, -0.25) is 0 Å². The molecule has 3 aromatic rings. The minimum absolute atomic E-state index is 0.216. The molecule has 6 nitrogen and oxygen atoms in total. The number of carbonyl (C=O) groups is 1. The van der Waals surface area contributed by atoms with Crippen LogP contribution in [0, 0.1) is 0 Å². The quantitative estimate of drug-likeness (QED) is 0.460. The molecule has 0 spiro atoms. The van der Waals surface area contributed by atoms with Gasteiger partial charge >= 0.3 is 6.03 Å². The lowest BCUT2D eigenvalue weighted by Gasteiger charge is -2.08. The molecule has 3 N–H and O–H groups in total. The molecule has 2 aromatic carbocycles. The highest BCUT2D eigenvalue weighted by Crippen LogP contribution is 2.29. The van der Waals surface area contributed by atoms with Gasteiger partial charge in [0.1, 0.15) is 0 Å². The number of benzene rings is 2. The van der Waals surface area contributed by atoms with Crippen molar-refractivity contribution in [3.05, 3.63) is 60.3 Å². The maximum Gasteiger partial charge on any atom is 0.316 e. The predicted octanol–water partition coefficient (Wildman–Crippen LogP) is 3.93. The van der Waals surface area contributed by atoms with E-state index in [1.165, 1.54) is 3.97 Å². The van der Waals surface area contributed by atoms with Crippen molar-refractivity contribution in [2.75, 3.05) is 11.2 Å². The van der Waals surface area contributed by atoms with Gasteiger partial charge in [0.15, 0.2) is 0 Å². The van der Waals surface area contributed by atoms with Crippen LogP contribution in [-0.2, 0) is 16.4 Å². The Bertz CT molecular complexity index is 1060. The minimum Gasteiger partial charge on any atom is -0.351 e. The number of aromatic nitrogens is 1. The van der Waals surface area contributed by atoms with E-state index < -0.39 is 16.1 Å². The molecular weight excluding hydrogens is 386 g/mol. The second-order valence-corrected chi connectivity index (χ2v) is 8.33. The fourth-order valence-electron chi connectivity index (χ4n) is 3.00. The molecule has 0 bridgehead atoms. The summed E-state index contributed by atoms with van der Waals surface area (Å²) in [5.74, 6) is 0.551. The standard InChI is InChI=1S/C19H20ClN3O3S/c20-11-5-4-6-14-13-23(27(25,26)16-7-2-1-3-8-16)18-10-9-15(12-17(14)18)22-19(21)24/h1-3,7-10,12-13H,4-6,11H2,(H3,21,22,24). The van der Waals surface area contributed by atoms with Crippen molar-refractivity contribution in [3.63, 3.8) is 0 Å². The van der Waals surface area contributed by atoms with Crippen molar-refractivity contribution < 1.29 is 13.2 Å². The second kappa shape index (κ2) is 8.02. The molecule has 0 saturated carbocycles. The smallest absolute Gasteiger partial charge is 0.316 e. The van der Waals surface area contributed by atoms with Gasteiger partial charge in [-0.25, -0.2) is 17.2 Å². The van der Waals surface area contributed by atoms with Crippen LogP contribution in [0.4, 0.5) is 10.5 Å². The van der Waals surface area contributed by atoms with E-state index in [-0.39, 0.29) is 4.90 Å². The molecule has 0 unspecified atom stereocenters. The first-order valence-corrected chi connectivity index (χ1v) is 10.5. The molecular formula is C19H20ClN3O3S. The van der Waals surface area contributed by atoms with E-state index in [0.717, 1.165) is 23.8 Å². The number of halogens is 1. The molecule has 8 heteroatoms. The number of nitrogens with two attached hydrogens (primary N) is 1. The maximum absolute atomic E-state index is 13.1. The van der Waals surface area contributed by atoms with Crippen molar-refractivity contribution in [1.82, 2.24) is 3.97 Å². The molecule has 2 amide bonds. The highest BCUT2D eigenvalue weighted by molar-refractivity contribution is 7.90. The third-order valence-electron chi connectivity index (χ3n) is 4.25. The summed E-state index contributed by atoms with van der Waals surface area (Å²) in [6, 6.07) is 12.7. The Labute approximate surface area is 163 Å². The number of amides is 2. The van der Waals surface area contributed by atoms with Crippen LogP contribution in [0.3, 0.4) is 0 Å². The first-order chi connectivity index (χ1) is 12.9. The monoisotopic (exact) mass is 405 g/mol. The van der Waals surface area contributed by atoms with E-state index in [0.29, 0.717) is 23.5 Å². The number of primary amides is 1. The maximum atomic E-state index is 13.1. The molecule has 0 aliphatic carbocycles. The van der Waals surface area contributed by atoms with Gasteiger partial charge in [-0.1, -0.05) is 18.2 Å². The topological polar surface area (TPSA) is 94.2 Å². The summed E-state index contributed by atoms with van der Waals surface area (Å²) in [4.78, 5) is 11.4. The van der Waals surface area contributed by atoms with E-state index in [1.54, 1.807) is 54.7 Å². The number of hydrogen-bond acceptors (Lipinski definition) is 3. The van der Waals surface area contributed by atoms with Crippen molar-refractivity contribution in [1.29, 1.82) is 0 Å². The van der Waals surface area contributed by atoms with Crippen LogP contribution < -0.4 is 11.1 Å². The first kappa shape index (κ1) is 19.3. The summed E-state index contributed by atoms with van der Waals surface area (Å²) < 4.78 is 27.5. The number of nitrogens with zero attached hydrogens (tertiary/aromatic N) is 1. The molecule has 0 fully saturated rings. The average molecular weight is 406 g/mol. The number of hydrogen-bond donors (Lipinski definition) is 2. The van der Waals surface area contributed by atoms with Gasteiger partial charge in [0.05, 0.1) is 10.4 Å². The Morgan fingerprint density at radius 3 is 2.52 bits per heavy atom. The summed E-state index contributed by atoms with van der Waals surface area (Å²) in [7, 11) is -3.73. The van der Waals surface area contributed by atoms with Crippen LogP contribution >= 0.6 is 11.6 Å². The first-order valence-electron chi connectivity index (χ1n) is 8.50. The van der Waals surface area contributed by atoms with E-state index in [1.807, 2.05) is 0 Å². The van der Waals surface area contributed by atoms with Crippen LogP contribution in [-0.4, -0.2) is 24.3 Å². The summed E-state index contributed by atoms with van der Waals surface area (Å²) in [6.07, 6.45) is 4.00. The summed E-state index contributed by atoms with van der Waals surface area (Å²) in [5.41, 5.74) is 7.13. The number of urea groups is 1. The Kier molecular flexibility index (Phi) is 5.72. The number of anilines is 1. The lowest BCUT2D eigenvalue weighted by atomic mass is 10.1. The van der Waals surface area contributed by atoms with E-state index >= 15 is 0 Å². The van der Waals surface area contributed by atoms with E-state index in [2.05, 4.69) is 5.32 Å². The number of unbranched alkanes of at least 4 members (excludes halogenated alkanes) is 1. The van der Waals surface area contributed by atoms with Crippen molar-refractivity contribution in [2.24, 2.45) is 5.73 Å². The third kappa shape index (κ3) is 4.09. The van der Waals surface area contributed by atoms with Gasteiger partial charge in [-0.05, 0) is 55.2 Å². The third-order valence-corrected chi connectivity index (χ3v) is 6.21. The number of fused-ring (bicyclic) bond motifs is 1. The summed E-state index contributed by atoms with van der Waals surface area (Å²) in [5, 5.41) is 3.29. The number of carbonyl (C=O) groups excluding carboxylic acids is 1. The molecule has 1 heterocycles. The van der Waals surface area contributed by atoms with Crippen LogP contribution in [0.25, 0.3) is 10.9 Å². The average Bonchev–Trinajstić information content (AvgIpc) is 3.01. The van der Waals surface area contributed by atoms with Crippen molar-refractivity contribution >= 4 is 44.2 Å². The fourth-order valence-corrected chi connectivity index (χ4v) is 4.60. The molecule has 27 heavy (non-hydrogen) atoms. The van der Waals surface area contributed by atoms with Crippen molar-refractivity contribution in [2.45, 2.75) is 24.2 Å². The Hall–Kier alpha value is -2.51. The van der Waals surface area contributed by atoms with Gasteiger partial charge in [-0.15, -0.1) is 11.6 Å². The zero-order chi connectivity index (χ0) is 19.4. The normalized spacial score (nSPS) is 11.6. The van der Waals surface area contributed by atoms with Gasteiger partial charge in [-0.2, -0.15) is 0 Å². The molecule has 3 rings (SSSR count). The zero-order valence-corrected chi connectivity index (χ0v) is 16.1. The minimum atomic E-state index is -3.73. The molecule has 0 saturated heterocycles. The summed E-state index contributed by atoms with van der Waals surface area (Å²) in [6.45, 7) is 0. The van der Waals surface area contributed by atoms with E-state index in [4.69, 9.17) is 17.3 Å². The van der Waals surface area contributed by atoms with Gasteiger partial charge < -0.3 is 11.1 Å². The molecule has 0 atom stereocenters. The lowest BCUT2D eigenvalue weighted by Crippen LogP contribution is -2.19. The molecule has 0 aliphatic heterocycles. The Morgan fingerprint density at radius 2 is 1.85 bits per heavy atom. The molecule has 1 aromatic heterocycles. The molecule has 0 aliphatic rings. The number of rotatable bonds is 7. The van der Waals surface area contributed by atoms with Gasteiger partial charge in [0.25, 0.3) is 10.0 Å². The SMILES string of the molecule is NC(=O)Nc1ccc2c(c1)c(CCCCCl)cn2S(=O)(=O)c1ccccc1. The zero-order valence-electron chi connectivity index (χ0n) is 14.6. The van der Waals surface area contributed by atoms with Crippen LogP contribution in [0.2, 0.25) is 0 Å². The van der Waals surface area contributed by atoms with Gasteiger partial charge in [0, 0.05) is 23.2 Å². The molecule has 0 radical (unpaired) electrons. The number of aryl methyl sites for hydroxylation is 1. The number of nitrogens with one attached hydrogen (secondary N) is 1. The lowest BCUT2D eigenvalue weighted by molar-refractivity contribution is 0.259.